The monoisotopic (exact) mass is 440 g/mol. The number of para-hydroxylation sites is 1. The van der Waals surface area contributed by atoms with Crippen molar-refractivity contribution in [3.63, 3.8) is 0 Å². The van der Waals surface area contributed by atoms with E-state index in [0.717, 1.165) is 28.2 Å². The lowest BCUT2D eigenvalue weighted by Gasteiger charge is -2.05. The summed E-state index contributed by atoms with van der Waals surface area (Å²) in [5.41, 5.74) is 4.36. The molecule has 0 aliphatic rings. The Morgan fingerprint density at radius 3 is 1.85 bits per heavy atom. The van der Waals surface area contributed by atoms with Crippen LogP contribution in [0.5, 0.6) is 23.0 Å². The second kappa shape index (κ2) is 9.78. The molecule has 0 unspecified atom stereocenters. The van der Waals surface area contributed by atoms with Crippen LogP contribution in [0.25, 0.3) is 30.0 Å². The van der Waals surface area contributed by atoms with E-state index in [1.165, 1.54) is 14.2 Å². The van der Waals surface area contributed by atoms with Gasteiger partial charge in [-0.3, -0.25) is 0 Å². The average molecular weight is 440 g/mol. The molecule has 3 aromatic carbocycles. The van der Waals surface area contributed by atoms with Crippen molar-refractivity contribution in [1.29, 1.82) is 0 Å². The molecule has 0 amide bonds. The van der Waals surface area contributed by atoms with Crippen molar-refractivity contribution in [2.75, 3.05) is 14.2 Å². The molecule has 33 heavy (non-hydrogen) atoms. The summed E-state index contributed by atoms with van der Waals surface area (Å²) < 4.78 is 12.2. The van der Waals surface area contributed by atoms with Crippen LogP contribution in [0.2, 0.25) is 0 Å². The zero-order chi connectivity index (χ0) is 23.2. The van der Waals surface area contributed by atoms with Crippen LogP contribution in [0, 0.1) is 0 Å². The summed E-state index contributed by atoms with van der Waals surface area (Å²) in [5.74, 6) is 1.03. The van der Waals surface area contributed by atoms with Crippen LogP contribution in [0.3, 0.4) is 0 Å². The van der Waals surface area contributed by atoms with Gasteiger partial charge >= 0.3 is 0 Å². The van der Waals surface area contributed by atoms with Crippen LogP contribution >= 0.6 is 0 Å². The maximum absolute atomic E-state index is 9.82. The summed E-state index contributed by atoms with van der Waals surface area (Å²) in [5, 5.41) is 24.4. The van der Waals surface area contributed by atoms with Crippen molar-refractivity contribution in [3.05, 3.63) is 95.3 Å². The van der Waals surface area contributed by atoms with Gasteiger partial charge in [0.1, 0.15) is 0 Å². The molecule has 166 valence electrons. The first-order valence-electron chi connectivity index (χ1n) is 10.3. The fourth-order valence-electron chi connectivity index (χ4n) is 3.35. The molecule has 2 N–H and O–H groups in total. The summed E-state index contributed by atoms with van der Waals surface area (Å²) in [4.78, 5) is 0. The average Bonchev–Trinajstić information content (AvgIpc) is 3.26. The van der Waals surface area contributed by atoms with Crippen LogP contribution < -0.4 is 9.47 Å². The number of aromatic hydroxyl groups is 2. The van der Waals surface area contributed by atoms with E-state index >= 15 is 0 Å². The van der Waals surface area contributed by atoms with Gasteiger partial charge < -0.3 is 19.7 Å². The highest BCUT2D eigenvalue weighted by atomic mass is 16.5. The Morgan fingerprint density at radius 2 is 1.27 bits per heavy atom. The van der Waals surface area contributed by atoms with Gasteiger partial charge in [-0.2, -0.15) is 5.10 Å². The Balaban J connectivity index is 1.68. The van der Waals surface area contributed by atoms with Crippen molar-refractivity contribution < 1.29 is 19.7 Å². The second-order valence-corrected chi connectivity index (χ2v) is 7.27. The van der Waals surface area contributed by atoms with Gasteiger partial charge in [0.2, 0.25) is 0 Å². The van der Waals surface area contributed by atoms with E-state index in [1.54, 1.807) is 24.3 Å². The van der Waals surface area contributed by atoms with Crippen molar-refractivity contribution in [1.82, 2.24) is 9.78 Å². The predicted molar refractivity (Wildman–Crippen MR) is 131 cm³/mol. The third kappa shape index (κ3) is 5.07. The highest BCUT2D eigenvalue weighted by molar-refractivity contribution is 5.74. The van der Waals surface area contributed by atoms with Gasteiger partial charge in [-0.1, -0.05) is 42.5 Å². The molecule has 0 radical (unpaired) electrons. The molecule has 4 rings (SSSR count). The zero-order valence-electron chi connectivity index (χ0n) is 18.3. The first kappa shape index (κ1) is 21.8. The molecule has 0 bridgehead atoms. The Hall–Kier alpha value is -4.45. The summed E-state index contributed by atoms with van der Waals surface area (Å²) in [6, 6.07) is 22.2. The molecule has 1 heterocycles. The van der Waals surface area contributed by atoms with E-state index in [2.05, 4.69) is 0 Å². The molecule has 6 nitrogen and oxygen atoms in total. The van der Waals surface area contributed by atoms with Crippen LogP contribution in [0.1, 0.15) is 22.5 Å². The van der Waals surface area contributed by atoms with E-state index in [1.807, 2.05) is 77.5 Å². The number of hydrogen-bond donors (Lipinski definition) is 2. The molecule has 1 aromatic heterocycles. The third-order valence-electron chi connectivity index (χ3n) is 5.06. The largest absolute Gasteiger partial charge is 0.504 e. The molecule has 0 saturated heterocycles. The molecule has 0 aliphatic heterocycles. The fraction of sp³-hybridized carbons (Fsp3) is 0.0741. The number of methoxy groups -OCH3 is 2. The van der Waals surface area contributed by atoms with Crippen LogP contribution in [-0.4, -0.2) is 34.2 Å². The summed E-state index contributed by atoms with van der Waals surface area (Å²) >= 11 is 0. The first-order valence-corrected chi connectivity index (χ1v) is 10.3. The molecule has 0 aliphatic carbocycles. The topological polar surface area (TPSA) is 76.7 Å². The number of phenols is 2. The van der Waals surface area contributed by atoms with Gasteiger partial charge in [0, 0.05) is 0 Å². The number of benzene rings is 3. The van der Waals surface area contributed by atoms with E-state index in [0.29, 0.717) is 11.5 Å². The van der Waals surface area contributed by atoms with Crippen LogP contribution in [0.4, 0.5) is 0 Å². The third-order valence-corrected chi connectivity index (χ3v) is 5.06. The minimum Gasteiger partial charge on any atom is -0.504 e. The van der Waals surface area contributed by atoms with Crippen molar-refractivity contribution in [2.45, 2.75) is 0 Å². The summed E-state index contributed by atoms with van der Waals surface area (Å²) in [6.45, 7) is 0. The lowest BCUT2D eigenvalue weighted by atomic mass is 10.1. The Morgan fingerprint density at radius 1 is 0.697 bits per heavy atom. The molecular formula is C27H24N2O4. The highest BCUT2D eigenvalue weighted by Gasteiger charge is 2.07. The number of rotatable bonds is 7. The van der Waals surface area contributed by atoms with Gasteiger partial charge in [0.25, 0.3) is 0 Å². The van der Waals surface area contributed by atoms with Crippen molar-refractivity contribution in [3.8, 4) is 28.7 Å². The number of aromatic nitrogens is 2. The molecule has 0 atom stereocenters. The van der Waals surface area contributed by atoms with E-state index in [4.69, 9.17) is 14.6 Å². The van der Waals surface area contributed by atoms with E-state index in [-0.39, 0.29) is 11.5 Å². The summed E-state index contributed by atoms with van der Waals surface area (Å²) in [6.07, 6.45) is 7.73. The lowest BCUT2D eigenvalue weighted by Crippen LogP contribution is -1.98. The molecule has 0 saturated carbocycles. The predicted octanol–water partition coefficient (Wildman–Crippen LogP) is 5.64. The quantitative estimate of drug-likeness (QED) is 0.389. The zero-order valence-corrected chi connectivity index (χ0v) is 18.3. The van der Waals surface area contributed by atoms with Gasteiger partial charge in [0.05, 0.1) is 31.3 Å². The number of phenolic OH excluding ortho intramolecular Hbond substituents is 2. The van der Waals surface area contributed by atoms with E-state index < -0.39 is 0 Å². The Bertz CT molecular complexity index is 1310. The first-order chi connectivity index (χ1) is 16.1. The molecule has 0 fully saturated rings. The number of nitrogens with zero attached hydrogens (tertiary/aromatic N) is 2. The van der Waals surface area contributed by atoms with E-state index in [9.17, 15) is 10.2 Å². The SMILES string of the molecule is COc1cc(C=Cc2cc(/C=C/c3ccc(O)c(OC)c3)nn2-c2ccccc2)ccc1O. The second-order valence-electron chi connectivity index (χ2n) is 7.27. The standard InChI is InChI=1S/C27H24N2O4/c1-32-26-16-19(10-14-24(26)30)8-12-21-18-23(29(28-21)22-6-4-3-5-7-22)13-9-20-11-15-25(31)27(17-20)33-2/h3-18,30-31H,1-2H3/b12-8+,13-9?. The lowest BCUT2D eigenvalue weighted by molar-refractivity contribution is 0.373. The number of hydrogen-bond acceptors (Lipinski definition) is 5. The Labute approximate surface area is 192 Å². The van der Waals surface area contributed by atoms with Gasteiger partial charge in [-0.05, 0) is 65.7 Å². The molecule has 6 heteroatoms. The van der Waals surface area contributed by atoms with Gasteiger partial charge in [-0.15, -0.1) is 0 Å². The molecular weight excluding hydrogens is 416 g/mol. The fourth-order valence-corrected chi connectivity index (χ4v) is 3.35. The normalized spacial score (nSPS) is 11.3. The minimum absolute atomic E-state index is 0.0984. The smallest absolute Gasteiger partial charge is 0.161 e. The van der Waals surface area contributed by atoms with Crippen molar-refractivity contribution >= 4 is 24.3 Å². The molecule has 4 aromatic rings. The number of ether oxygens (including phenoxy) is 2. The van der Waals surface area contributed by atoms with Crippen LogP contribution in [0.15, 0.2) is 72.8 Å². The maximum Gasteiger partial charge on any atom is 0.161 e. The highest BCUT2D eigenvalue weighted by Crippen LogP contribution is 2.28. The van der Waals surface area contributed by atoms with Crippen LogP contribution in [-0.2, 0) is 0 Å². The summed E-state index contributed by atoms with van der Waals surface area (Å²) in [7, 11) is 3.04. The van der Waals surface area contributed by atoms with Gasteiger partial charge in [0.15, 0.2) is 23.0 Å². The van der Waals surface area contributed by atoms with Crippen molar-refractivity contribution in [2.24, 2.45) is 0 Å². The molecule has 0 spiro atoms. The Kier molecular flexibility index (Phi) is 6.45. The van der Waals surface area contributed by atoms with Gasteiger partial charge in [-0.25, -0.2) is 4.68 Å². The minimum atomic E-state index is 0.0984. The maximum atomic E-state index is 9.82.